The molecule has 38 heavy (non-hydrogen) atoms. The number of fused-ring (bicyclic) bond motifs is 1. The molecule has 0 saturated carbocycles. The van der Waals surface area contributed by atoms with Crippen molar-refractivity contribution in [3.05, 3.63) is 117 Å². The zero-order chi connectivity index (χ0) is 26.8. The summed E-state index contributed by atoms with van der Waals surface area (Å²) < 4.78 is 5.27. The summed E-state index contributed by atoms with van der Waals surface area (Å²) in [4.78, 5) is 64.4. The maximum Gasteiger partial charge on any atom is 0.326 e. The first-order valence-corrected chi connectivity index (χ1v) is 11.7. The van der Waals surface area contributed by atoms with Crippen molar-refractivity contribution in [3.8, 4) is 0 Å². The minimum atomic E-state index is -1.09. The van der Waals surface area contributed by atoms with Crippen molar-refractivity contribution in [1.82, 2.24) is 9.80 Å². The van der Waals surface area contributed by atoms with Gasteiger partial charge in [0.05, 0.1) is 22.1 Å². The average molecular weight is 511 g/mol. The molecule has 0 aromatic heterocycles. The van der Waals surface area contributed by atoms with Gasteiger partial charge in [0.15, 0.2) is 0 Å². The second-order valence-corrected chi connectivity index (χ2v) is 8.78. The summed E-state index contributed by atoms with van der Waals surface area (Å²) in [5.41, 5.74) is 1.77. The normalized spacial score (nSPS) is 18.5. The van der Waals surface area contributed by atoms with Crippen LogP contribution in [-0.4, -0.2) is 57.0 Å². The van der Waals surface area contributed by atoms with Gasteiger partial charge in [0.1, 0.15) is 19.2 Å². The number of nitrogens with zero attached hydrogens (tertiary/aromatic N) is 3. The molecule has 2 unspecified atom stereocenters. The van der Waals surface area contributed by atoms with E-state index in [4.69, 9.17) is 4.74 Å². The summed E-state index contributed by atoms with van der Waals surface area (Å²) in [5.74, 6) is -2.35. The lowest BCUT2D eigenvalue weighted by atomic mass is 9.92. The summed E-state index contributed by atoms with van der Waals surface area (Å²) in [7, 11) is 0. The molecule has 3 amide bonds. The first kappa shape index (κ1) is 24.6. The van der Waals surface area contributed by atoms with E-state index in [9.17, 15) is 29.3 Å². The van der Waals surface area contributed by atoms with Gasteiger partial charge in [-0.1, -0.05) is 54.6 Å². The molecule has 10 nitrogen and oxygen atoms in total. The zero-order valence-corrected chi connectivity index (χ0v) is 19.9. The van der Waals surface area contributed by atoms with Crippen LogP contribution in [0.1, 0.15) is 31.8 Å². The van der Waals surface area contributed by atoms with Gasteiger partial charge in [-0.05, 0) is 35.4 Å². The Morgan fingerprint density at radius 1 is 0.895 bits per heavy atom. The molecular weight excluding hydrogens is 490 g/mol. The third-order valence-electron chi connectivity index (χ3n) is 6.45. The van der Waals surface area contributed by atoms with Crippen molar-refractivity contribution in [3.63, 3.8) is 0 Å². The smallest absolute Gasteiger partial charge is 0.326 e. The number of likely N-dealkylation sites (tertiary alicyclic amines) is 1. The summed E-state index contributed by atoms with van der Waals surface area (Å²) in [6, 6.07) is 19.4. The van der Waals surface area contributed by atoms with Crippen molar-refractivity contribution in [2.75, 3.05) is 6.54 Å². The largest absolute Gasteiger partial charge is 0.459 e. The van der Waals surface area contributed by atoms with Crippen molar-refractivity contribution in [2.24, 2.45) is 0 Å². The predicted octanol–water partition coefficient (Wildman–Crippen LogP) is 3.23. The number of rotatable bonds is 8. The van der Waals surface area contributed by atoms with Crippen LogP contribution in [-0.2, 0) is 20.9 Å². The Labute approximate surface area is 216 Å². The molecule has 0 N–H and O–H groups in total. The van der Waals surface area contributed by atoms with Gasteiger partial charge in [-0.3, -0.25) is 34.2 Å². The average Bonchev–Trinajstić information content (AvgIpc) is 3.18. The third kappa shape index (κ3) is 4.55. The predicted molar refractivity (Wildman–Crippen MR) is 135 cm³/mol. The number of imide groups is 1. The van der Waals surface area contributed by atoms with Gasteiger partial charge in [-0.2, -0.15) is 0 Å². The third-order valence-corrected chi connectivity index (χ3v) is 6.45. The Hall–Kier alpha value is -5.12. The molecule has 190 valence electrons. The number of carbonyl (C=O) groups is 4. The van der Waals surface area contributed by atoms with E-state index in [2.05, 4.69) is 0 Å². The van der Waals surface area contributed by atoms with E-state index >= 15 is 0 Å². The standard InChI is InChI=1S/C28H21N3O7/c32-24(38-17-19-10-13-20(14-11-19)31(36)37)16-29-23(15-12-18-6-2-1-3-7-18)25(28(29)35)30-26(33)21-8-4-5-9-22(21)27(30)34/h1-15,23,25H,16-17H2. The highest BCUT2D eigenvalue weighted by molar-refractivity contribution is 6.23. The van der Waals surface area contributed by atoms with Crippen LogP contribution in [0.3, 0.4) is 0 Å². The number of ether oxygens (including phenoxy) is 1. The van der Waals surface area contributed by atoms with E-state index in [1.165, 1.54) is 29.2 Å². The van der Waals surface area contributed by atoms with E-state index in [1.807, 2.05) is 30.3 Å². The highest BCUT2D eigenvalue weighted by Crippen LogP contribution is 2.33. The Balaban J connectivity index is 1.32. The van der Waals surface area contributed by atoms with Crippen LogP contribution < -0.4 is 0 Å². The molecule has 3 aromatic rings. The number of amides is 3. The first-order valence-electron chi connectivity index (χ1n) is 11.7. The maximum atomic E-state index is 13.2. The summed E-state index contributed by atoms with van der Waals surface area (Å²) in [5, 5.41) is 10.8. The number of esters is 1. The molecule has 0 radical (unpaired) electrons. The van der Waals surface area contributed by atoms with Gasteiger partial charge in [-0.25, -0.2) is 0 Å². The van der Waals surface area contributed by atoms with Crippen LogP contribution in [0.4, 0.5) is 5.69 Å². The molecule has 0 spiro atoms. The molecule has 2 aliphatic heterocycles. The molecular formula is C28H21N3O7. The molecule has 2 atom stereocenters. The number of benzene rings is 3. The molecule has 5 rings (SSSR count). The lowest BCUT2D eigenvalue weighted by Gasteiger charge is -2.47. The van der Waals surface area contributed by atoms with E-state index < -0.39 is 47.2 Å². The van der Waals surface area contributed by atoms with E-state index in [0.29, 0.717) is 5.56 Å². The van der Waals surface area contributed by atoms with Crippen LogP contribution in [0.2, 0.25) is 0 Å². The second kappa shape index (κ2) is 10.1. The van der Waals surface area contributed by atoms with Gasteiger partial charge in [0, 0.05) is 12.1 Å². The molecule has 0 aliphatic carbocycles. The van der Waals surface area contributed by atoms with Gasteiger partial charge in [0.2, 0.25) is 5.91 Å². The first-order chi connectivity index (χ1) is 18.3. The maximum absolute atomic E-state index is 13.2. The number of β-lactam (4-membered cyclic amide) rings is 1. The molecule has 1 saturated heterocycles. The number of hydrogen-bond acceptors (Lipinski definition) is 7. The highest BCUT2D eigenvalue weighted by atomic mass is 16.6. The molecule has 1 fully saturated rings. The lowest BCUT2D eigenvalue weighted by molar-refractivity contribution is -0.384. The molecule has 3 aromatic carbocycles. The zero-order valence-electron chi connectivity index (χ0n) is 19.9. The summed E-state index contributed by atoms with van der Waals surface area (Å²) in [6.07, 6.45) is 3.45. The lowest BCUT2D eigenvalue weighted by Crippen LogP contribution is -2.71. The number of nitro groups is 1. The van der Waals surface area contributed by atoms with Crippen LogP contribution >= 0.6 is 0 Å². The van der Waals surface area contributed by atoms with Crippen LogP contribution in [0.15, 0.2) is 84.9 Å². The second-order valence-electron chi connectivity index (χ2n) is 8.78. The Morgan fingerprint density at radius 3 is 2.11 bits per heavy atom. The number of hydrogen-bond donors (Lipinski definition) is 0. The number of nitro benzene ring substituents is 1. The van der Waals surface area contributed by atoms with Crippen molar-refractivity contribution in [2.45, 2.75) is 18.7 Å². The SMILES string of the molecule is O=C(CN1C(=O)C(N2C(=O)c3ccccc3C2=O)C1C=Cc1ccccc1)OCc1ccc([N+](=O)[O-])cc1. The fraction of sp³-hybridized carbons (Fsp3) is 0.143. The minimum absolute atomic E-state index is 0.0847. The minimum Gasteiger partial charge on any atom is -0.459 e. The Kier molecular flexibility index (Phi) is 6.53. The van der Waals surface area contributed by atoms with Crippen LogP contribution in [0.25, 0.3) is 6.08 Å². The number of carbonyl (C=O) groups excluding carboxylic acids is 4. The summed E-state index contributed by atoms with van der Waals surface area (Å²) >= 11 is 0. The highest BCUT2D eigenvalue weighted by Gasteiger charge is 2.55. The van der Waals surface area contributed by atoms with Crippen molar-refractivity contribution in [1.29, 1.82) is 0 Å². The van der Waals surface area contributed by atoms with Gasteiger partial charge >= 0.3 is 5.97 Å². The molecule has 0 bridgehead atoms. The topological polar surface area (TPSA) is 127 Å². The molecule has 2 aliphatic rings. The quantitative estimate of drug-likeness (QED) is 0.149. The van der Waals surface area contributed by atoms with E-state index in [1.54, 1.807) is 36.4 Å². The molecule has 2 heterocycles. The van der Waals surface area contributed by atoms with E-state index in [-0.39, 0.29) is 23.4 Å². The van der Waals surface area contributed by atoms with Gasteiger partial charge < -0.3 is 9.64 Å². The molecule has 10 heteroatoms. The van der Waals surface area contributed by atoms with Gasteiger partial charge in [0.25, 0.3) is 17.5 Å². The van der Waals surface area contributed by atoms with Crippen molar-refractivity contribution >= 4 is 35.5 Å². The fourth-order valence-corrected chi connectivity index (χ4v) is 4.50. The Morgan fingerprint density at radius 2 is 1.50 bits per heavy atom. The van der Waals surface area contributed by atoms with E-state index in [0.717, 1.165) is 10.5 Å². The summed E-state index contributed by atoms with van der Waals surface area (Å²) in [6.45, 7) is -0.527. The van der Waals surface area contributed by atoms with Crippen LogP contribution in [0.5, 0.6) is 0 Å². The van der Waals surface area contributed by atoms with Crippen molar-refractivity contribution < 1.29 is 28.8 Å². The number of non-ortho nitro benzene ring substituents is 1. The van der Waals surface area contributed by atoms with Crippen LogP contribution in [0, 0.1) is 10.1 Å². The monoisotopic (exact) mass is 511 g/mol. The van der Waals surface area contributed by atoms with Gasteiger partial charge in [-0.15, -0.1) is 0 Å². The fourth-order valence-electron chi connectivity index (χ4n) is 4.50. The Bertz CT molecular complexity index is 1430.